The van der Waals surface area contributed by atoms with E-state index >= 15 is 0 Å². The van der Waals surface area contributed by atoms with Crippen molar-refractivity contribution >= 4 is 18.0 Å². The summed E-state index contributed by atoms with van der Waals surface area (Å²) in [6, 6.07) is 6.89. The van der Waals surface area contributed by atoms with Gasteiger partial charge in [0.1, 0.15) is 5.75 Å². The van der Waals surface area contributed by atoms with Crippen LogP contribution in [0.4, 0.5) is 0 Å². The van der Waals surface area contributed by atoms with Crippen LogP contribution in [-0.2, 0) is 14.3 Å². The molecule has 0 aliphatic heterocycles. The zero-order valence-electron chi connectivity index (χ0n) is 10.5. The number of carbonyl (C=O) groups excluding carboxylic acids is 2. The van der Waals surface area contributed by atoms with E-state index < -0.39 is 5.97 Å². The first-order valence-electron chi connectivity index (χ1n) is 5.72. The SMILES string of the molecule is CCCC(=O)Oc1ccc(/C=C/C(=O)OC)cc1. The molecule has 1 rings (SSSR count). The normalized spacial score (nSPS) is 10.3. The third-order valence-electron chi connectivity index (χ3n) is 2.18. The number of esters is 2. The summed E-state index contributed by atoms with van der Waals surface area (Å²) >= 11 is 0. The summed E-state index contributed by atoms with van der Waals surface area (Å²) in [4.78, 5) is 22.1. The van der Waals surface area contributed by atoms with Crippen molar-refractivity contribution in [1.29, 1.82) is 0 Å². The minimum absolute atomic E-state index is 0.240. The molecule has 0 fully saturated rings. The van der Waals surface area contributed by atoms with Gasteiger partial charge in [-0.2, -0.15) is 0 Å². The zero-order valence-corrected chi connectivity index (χ0v) is 10.5. The van der Waals surface area contributed by atoms with Crippen LogP contribution in [0.5, 0.6) is 5.75 Å². The number of methoxy groups -OCH3 is 1. The molecule has 0 aliphatic carbocycles. The molecule has 0 N–H and O–H groups in total. The molecule has 0 aromatic heterocycles. The Labute approximate surface area is 106 Å². The largest absolute Gasteiger partial charge is 0.466 e. The Morgan fingerprint density at radius 1 is 1.22 bits per heavy atom. The molecule has 1 aromatic rings. The van der Waals surface area contributed by atoms with Gasteiger partial charge in [0.15, 0.2) is 0 Å². The van der Waals surface area contributed by atoms with Crippen LogP contribution in [0.15, 0.2) is 30.3 Å². The molecule has 0 saturated heterocycles. The van der Waals surface area contributed by atoms with Crippen molar-refractivity contribution in [2.24, 2.45) is 0 Å². The predicted molar refractivity (Wildman–Crippen MR) is 68.0 cm³/mol. The van der Waals surface area contributed by atoms with Crippen molar-refractivity contribution in [2.45, 2.75) is 19.8 Å². The van der Waals surface area contributed by atoms with Crippen molar-refractivity contribution in [3.05, 3.63) is 35.9 Å². The summed E-state index contributed by atoms with van der Waals surface area (Å²) in [5, 5.41) is 0. The summed E-state index contributed by atoms with van der Waals surface area (Å²) in [6.45, 7) is 1.92. The highest BCUT2D eigenvalue weighted by Crippen LogP contribution is 2.14. The van der Waals surface area contributed by atoms with Crippen LogP contribution < -0.4 is 4.74 Å². The Balaban J connectivity index is 2.60. The second-order valence-corrected chi connectivity index (χ2v) is 3.65. The van der Waals surface area contributed by atoms with E-state index in [9.17, 15) is 9.59 Å². The Morgan fingerprint density at radius 2 is 1.89 bits per heavy atom. The Hall–Kier alpha value is -2.10. The molecule has 0 heterocycles. The van der Waals surface area contributed by atoms with Gasteiger partial charge in [-0.25, -0.2) is 4.79 Å². The van der Waals surface area contributed by atoms with Gasteiger partial charge in [-0.05, 0) is 30.2 Å². The fourth-order valence-electron chi connectivity index (χ4n) is 1.27. The van der Waals surface area contributed by atoms with Crippen molar-refractivity contribution in [3.63, 3.8) is 0 Å². The van der Waals surface area contributed by atoms with E-state index in [1.54, 1.807) is 30.3 Å². The topological polar surface area (TPSA) is 52.6 Å². The van der Waals surface area contributed by atoms with Crippen molar-refractivity contribution in [3.8, 4) is 5.75 Å². The maximum atomic E-state index is 11.3. The molecule has 0 aliphatic rings. The summed E-state index contributed by atoms with van der Waals surface area (Å²) < 4.78 is 9.58. The highest BCUT2D eigenvalue weighted by atomic mass is 16.5. The average Bonchev–Trinajstić information content (AvgIpc) is 2.37. The zero-order chi connectivity index (χ0) is 13.4. The molecule has 96 valence electrons. The second-order valence-electron chi connectivity index (χ2n) is 3.65. The lowest BCUT2D eigenvalue weighted by Crippen LogP contribution is -2.06. The van der Waals surface area contributed by atoms with E-state index in [0.29, 0.717) is 12.2 Å². The molecule has 0 saturated carbocycles. The molecule has 4 heteroatoms. The third-order valence-corrected chi connectivity index (χ3v) is 2.18. The van der Waals surface area contributed by atoms with Gasteiger partial charge in [-0.3, -0.25) is 4.79 Å². The molecule has 18 heavy (non-hydrogen) atoms. The van der Waals surface area contributed by atoms with Crippen LogP contribution in [0.25, 0.3) is 6.08 Å². The summed E-state index contributed by atoms with van der Waals surface area (Å²) in [6.07, 6.45) is 4.13. The fraction of sp³-hybridized carbons (Fsp3) is 0.286. The quantitative estimate of drug-likeness (QED) is 0.456. The van der Waals surface area contributed by atoms with Gasteiger partial charge >= 0.3 is 11.9 Å². The molecule has 0 atom stereocenters. The number of ether oxygens (including phenoxy) is 2. The van der Waals surface area contributed by atoms with Gasteiger partial charge < -0.3 is 9.47 Å². The van der Waals surface area contributed by atoms with Crippen LogP contribution in [0.1, 0.15) is 25.3 Å². The van der Waals surface area contributed by atoms with Crippen LogP contribution >= 0.6 is 0 Å². The first-order chi connectivity index (χ1) is 8.65. The van der Waals surface area contributed by atoms with E-state index in [2.05, 4.69) is 4.74 Å². The van der Waals surface area contributed by atoms with Gasteiger partial charge in [0.05, 0.1) is 7.11 Å². The molecule has 0 spiro atoms. The van der Waals surface area contributed by atoms with E-state index in [0.717, 1.165) is 12.0 Å². The molecule has 4 nitrogen and oxygen atoms in total. The summed E-state index contributed by atoms with van der Waals surface area (Å²) in [5.41, 5.74) is 0.829. The molecule has 0 unspecified atom stereocenters. The minimum Gasteiger partial charge on any atom is -0.466 e. The lowest BCUT2D eigenvalue weighted by molar-refractivity contribution is -0.135. The first-order valence-corrected chi connectivity index (χ1v) is 5.72. The van der Waals surface area contributed by atoms with Crippen LogP contribution in [-0.4, -0.2) is 19.0 Å². The number of rotatable bonds is 5. The molecular formula is C14H16O4. The maximum absolute atomic E-state index is 11.3. The molecule has 1 aromatic carbocycles. The third kappa shape index (κ3) is 4.82. The maximum Gasteiger partial charge on any atom is 0.330 e. The van der Waals surface area contributed by atoms with E-state index in [4.69, 9.17) is 4.74 Å². The minimum atomic E-state index is -0.409. The van der Waals surface area contributed by atoms with E-state index in [1.165, 1.54) is 13.2 Å². The molecular weight excluding hydrogens is 232 g/mol. The first kappa shape index (κ1) is 14.0. The number of hydrogen-bond donors (Lipinski definition) is 0. The summed E-state index contributed by atoms with van der Waals surface area (Å²) in [5.74, 6) is -0.146. The van der Waals surface area contributed by atoms with E-state index in [1.807, 2.05) is 6.92 Å². The Morgan fingerprint density at radius 3 is 2.44 bits per heavy atom. The van der Waals surface area contributed by atoms with Crippen molar-refractivity contribution in [2.75, 3.05) is 7.11 Å². The number of carbonyl (C=O) groups is 2. The van der Waals surface area contributed by atoms with Gasteiger partial charge in [0.2, 0.25) is 0 Å². The molecule has 0 bridgehead atoms. The fourth-order valence-corrected chi connectivity index (χ4v) is 1.27. The van der Waals surface area contributed by atoms with Gasteiger partial charge in [0.25, 0.3) is 0 Å². The van der Waals surface area contributed by atoms with Crippen LogP contribution in [0.3, 0.4) is 0 Å². The predicted octanol–water partition coefficient (Wildman–Crippen LogP) is 2.58. The standard InChI is InChI=1S/C14H16O4/c1-3-4-14(16)18-12-8-5-11(6-9-12)7-10-13(15)17-2/h5-10H,3-4H2,1-2H3/b10-7+. The number of hydrogen-bond acceptors (Lipinski definition) is 4. The van der Waals surface area contributed by atoms with E-state index in [-0.39, 0.29) is 5.97 Å². The van der Waals surface area contributed by atoms with Crippen molar-refractivity contribution < 1.29 is 19.1 Å². The smallest absolute Gasteiger partial charge is 0.330 e. The monoisotopic (exact) mass is 248 g/mol. The lowest BCUT2D eigenvalue weighted by Gasteiger charge is -2.03. The highest BCUT2D eigenvalue weighted by molar-refractivity contribution is 5.86. The molecule has 0 radical (unpaired) electrons. The average molecular weight is 248 g/mol. The summed E-state index contributed by atoms with van der Waals surface area (Å²) in [7, 11) is 1.32. The Kier molecular flexibility index (Phi) is 5.64. The van der Waals surface area contributed by atoms with Gasteiger partial charge in [-0.15, -0.1) is 0 Å². The molecule has 0 amide bonds. The Bertz CT molecular complexity index is 432. The van der Waals surface area contributed by atoms with Gasteiger partial charge in [-0.1, -0.05) is 19.1 Å². The van der Waals surface area contributed by atoms with Crippen LogP contribution in [0.2, 0.25) is 0 Å². The highest BCUT2D eigenvalue weighted by Gasteiger charge is 2.02. The van der Waals surface area contributed by atoms with Crippen LogP contribution in [0, 0.1) is 0 Å². The van der Waals surface area contributed by atoms with Crippen molar-refractivity contribution in [1.82, 2.24) is 0 Å². The number of benzene rings is 1. The lowest BCUT2D eigenvalue weighted by atomic mass is 10.2. The second kappa shape index (κ2) is 7.27. The van der Waals surface area contributed by atoms with Gasteiger partial charge in [0, 0.05) is 12.5 Å².